The van der Waals surface area contributed by atoms with Crippen molar-refractivity contribution in [3.63, 3.8) is 0 Å². The molecule has 1 aliphatic rings. The van der Waals surface area contributed by atoms with E-state index in [4.69, 9.17) is 4.74 Å². The Hall–Kier alpha value is -2.78. The highest BCUT2D eigenvalue weighted by Gasteiger charge is 2.29. The molecule has 0 unspecified atom stereocenters. The lowest BCUT2D eigenvalue weighted by Crippen LogP contribution is -2.48. The topological polar surface area (TPSA) is 98.5 Å². The van der Waals surface area contributed by atoms with Crippen molar-refractivity contribution in [2.45, 2.75) is 11.8 Å². The van der Waals surface area contributed by atoms with Gasteiger partial charge in [-0.3, -0.25) is 0 Å². The number of rotatable bonds is 5. The minimum atomic E-state index is -3.63. The fraction of sp³-hybridized carbons (Fsp3) is 0.316. The second-order valence-electron chi connectivity index (χ2n) is 6.58. The smallest absolute Gasteiger partial charge is 0.323 e. The Labute approximate surface area is 162 Å². The predicted octanol–water partition coefficient (Wildman–Crippen LogP) is 1.77. The zero-order valence-electron chi connectivity index (χ0n) is 15.5. The zero-order valence-corrected chi connectivity index (χ0v) is 16.3. The molecule has 1 aromatic heterocycles. The summed E-state index contributed by atoms with van der Waals surface area (Å²) in [7, 11) is -3.63. The van der Waals surface area contributed by atoms with Crippen molar-refractivity contribution >= 4 is 26.7 Å². The lowest BCUT2D eigenvalue weighted by molar-refractivity contribution is 0.337. The van der Waals surface area contributed by atoms with Crippen LogP contribution >= 0.6 is 0 Å². The highest BCUT2D eigenvalue weighted by atomic mass is 32.2. The number of sulfonamides is 1. The molecule has 8 nitrogen and oxygen atoms in total. The molecule has 1 fully saturated rings. The first kappa shape index (κ1) is 18.6. The van der Waals surface area contributed by atoms with Crippen LogP contribution in [0.25, 0.3) is 11.0 Å². The van der Waals surface area contributed by atoms with E-state index in [9.17, 15) is 13.2 Å². The van der Waals surface area contributed by atoms with Gasteiger partial charge in [-0.2, -0.15) is 4.31 Å². The summed E-state index contributed by atoms with van der Waals surface area (Å²) in [4.78, 5) is 19.0. The number of hydrogen-bond donors (Lipinski definition) is 2. The van der Waals surface area contributed by atoms with Crippen LogP contribution in [0.3, 0.4) is 0 Å². The Balaban J connectivity index is 1.53. The Morgan fingerprint density at radius 3 is 2.46 bits per heavy atom. The summed E-state index contributed by atoms with van der Waals surface area (Å²) >= 11 is 0. The first-order valence-electron chi connectivity index (χ1n) is 9.18. The summed E-state index contributed by atoms with van der Waals surface area (Å²) in [5.41, 5.74) is 1.69. The minimum Gasteiger partial charge on any atom is -0.492 e. The van der Waals surface area contributed by atoms with Crippen LogP contribution in [0.5, 0.6) is 5.75 Å². The van der Waals surface area contributed by atoms with Crippen molar-refractivity contribution < 1.29 is 13.2 Å². The molecule has 0 amide bonds. The largest absolute Gasteiger partial charge is 0.492 e. The number of nitrogens with one attached hydrogen (secondary N) is 2. The number of imidazole rings is 1. The van der Waals surface area contributed by atoms with Crippen molar-refractivity contribution in [3.8, 4) is 5.75 Å². The molecule has 2 aromatic carbocycles. The molecule has 4 rings (SSSR count). The van der Waals surface area contributed by atoms with Crippen LogP contribution in [0.4, 0.5) is 5.69 Å². The number of anilines is 1. The molecule has 0 atom stereocenters. The third-order valence-electron chi connectivity index (χ3n) is 4.87. The molecule has 0 bridgehead atoms. The molecule has 0 spiro atoms. The van der Waals surface area contributed by atoms with Gasteiger partial charge in [-0.05, 0) is 37.3 Å². The second-order valence-corrected chi connectivity index (χ2v) is 8.52. The number of aromatic nitrogens is 2. The van der Waals surface area contributed by atoms with Crippen molar-refractivity contribution in [1.29, 1.82) is 0 Å². The van der Waals surface area contributed by atoms with E-state index < -0.39 is 10.0 Å². The Morgan fingerprint density at radius 1 is 1.00 bits per heavy atom. The molecule has 0 aliphatic carbocycles. The third-order valence-corrected chi connectivity index (χ3v) is 6.76. The van der Waals surface area contributed by atoms with E-state index in [0.717, 1.165) is 11.4 Å². The number of piperazine rings is 1. The maximum Gasteiger partial charge on any atom is 0.323 e. The van der Waals surface area contributed by atoms with Gasteiger partial charge in [-0.15, -0.1) is 0 Å². The molecule has 2 heterocycles. The fourth-order valence-corrected chi connectivity index (χ4v) is 4.94. The number of para-hydroxylation sites is 2. The Kier molecular flexibility index (Phi) is 4.86. The highest BCUT2D eigenvalue weighted by Crippen LogP contribution is 2.30. The van der Waals surface area contributed by atoms with Gasteiger partial charge in [0.1, 0.15) is 5.75 Å². The lowest BCUT2D eigenvalue weighted by atomic mass is 10.2. The van der Waals surface area contributed by atoms with E-state index in [1.165, 1.54) is 16.4 Å². The molecule has 28 heavy (non-hydrogen) atoms. The third kappa shape index (κ3) is 3.38. The van der Waals surface area contributed by atoms with E-state index >= 15 is 0 Å². The average molecular weight is 402 g/mol. The summed E-state index contributed by atoms with van der Waals surface area (Å²) in [5.74, 6) is 0.808. The summed E-state index contributed by atoms with van der Waals surface area (Å²) in [5, 5.41) is 0. The first-order chi connectivity index (χ1) is 13.5. The van der Waals surface area contributed by atoms with Gasteiger partial charge in [-0.25, -0.2) is 13.2 Å². The van der Waals surface area contributed by atoms with E-state index in [1.54, 1.807) is 6.07 Å². The highest BCUT2D eigenvalue weighted by molar-refractivity contribution is 7.89. The number of H-pyrrole nitrogens is 2. The number of ether oxygens (including phenoxy) is 1. The second kappa shape index (κ2) is 7.33. The van der Waals surface area contributed by atoms with Crippen LogP contribution in [0.15, 0.2) is 52.2 Å². The van der Waals surface area contributed by atoms with Gasteiger partial charge in [0.2, 0.25) is 10.0 Å². The quantitative estimate of drug-likeness (QED) is 0.678. The molecule has 1 saturated heterocycles. The van der Waals surface area contributed by atoms with E-state index in [1.807, 2.05) is 31.2 Å². The van der Waals surface area contributed by atoms with Gasteiger partial charge in [-0.1, -0.05) is 12.1 Å². The monoisotopic (exact) mass is 402 g/mol. The summed E-state index contributed by atoms with van der Waals surface area (Å²) in [6, 6.07) is 12.4. The van der Waals surface area contributed by atoms with Crippen LogP contribution in [0.1, 0.15) is 6.92 Å². The van der Waals surface area contributed by atoms with Crippen LogP contribution in [0.2, 0.25) is 0 Å². The molecule has 9 heteroatoms. The Bertz CT molecular complexity index is 1140. The average Bonchev–Trinajstić information content (AvgIpc) is 3.08. The molecule has 2 N–H and O–H groups in total. The van der Waals surface area contributed by atoms with Crippen molar-refractivity contribution in [3.05, 3.63) is 52.9 Å². The number of aromatic amines is 2. The van der Waals surface area contributed by atoms with Crippen LogP contribution in [0, 0.1) is 0 Å². The van der Waals surface area contributed by atoms with E-state index in [-0.39, 0.29) is 10.6 Å². The number of benzene rings is 2. The summed E-state index contributed by atoms with van der Waals surface area (Å²) in [6.45, 7) is 4.43. The van der Waals surface area contributed by atoms with Gasteiger partial charge in [0.05, 0.1) is 28.2 Å². The first-order valence-corrected chi connectivity index (χ1v) is 10.6. The van der Waals surface area contributed by atoms with Crippen LogP contribution in [-0.4, -0.2) is 55.5 Å². The number of fused-ring (bicyclic) bond motifs is 1. The Morgan fingerprint density at radius 2 is 1.71 bits per heavy atom. The van der Waals surface area contributed by atoms with Crippen LogP contribution < -0.4 is 15.3 Å². The van der Waals surface area contributed by atoms with E-state index in [2.05, 4.69) is 14.9 Å². The standard InChI is InChI=1S/C19H22N4O4S/c1-2-27-18-6-4-3-5-17(18)22-9-11-23(12-10-22)28(25,26)14-7-8-15-16(13-14)21-19(24)20-15/h3-8,13H,2,9-12H2,1H3,(H2,20,21,24). The van der Waals surface area contributed by atoms with Crippen molar-refractivity contribution in [2.75, 3.05) is 37.7 Å². The zero-order chi connectivity index (χ0) is 19.7. The van der Waals surface area contributed by atoms with Gasteiger partial charge in [0.25, 0.3) is 0 Å². The lowest BCUT2D eigenvalue weighted by Gasteiger charge is -2.36. The molecule has 0 saturated carbocycles. The van der Waals surface area contributed by atoms with Gasteiger partial charge < -0.3 is 19.6 Å². The van der Waals surface area contributed by atoms with E-state index in [0.29, 0.717) is 43.8 Å². The molecular weight excluding hydrogens is 380 g/mol. The summed E-state index contributed by atoms with van der Waals surface area (Å²) < 4.78 is 33.2. The number of nitrogens with zero attached hydrogens (tertiary/aromatic N) is 2. The van der Waals surface area contributed by atoms with Gasteiger partial charge >= 0.3 is 5.69 Å². The molecule has 1 aliphatic heterocycles. The molecule has 3 aromatic rings. The SMILES string of the molecule is CCOc1ccccc1N1CCN(S(=O)(=O)c2ccc3[nH]c(=O)[nH]c3c2)CC1. The molecule has 148 valence electrons. The van der Waals surface area contributed by atoms with Gasteiger partial charge in [0, 0.05) is 26.2 Å². The maximum atomic E-state index is 13.0. The number of hydrogen-bond acceptors (Lipinski definition) is 5. The normalized spacial score (nSPS) is 15.8. The maximum absolute atomic E-state index is 13.0. The van der Waals surface area contributed by atoms with Crippen molar-refractivity contribution in [2.24, 2.45) is 0 Å². The van der Waals surface area contributed by atoms with Crippen LogP contribution in [-0.2, 0) is 10.0 Å². The minimum absolute atomic E-state index is 0.179. The molecule has 0 radical (unpaired) electrons. The summed E-state index contributed by atoms with van der Waals surface area (Å²) in [6.07, 6.45) is 0. The van der Waals surface area contributed by atoms with Gasteiger partial charge in [0.15, 0.2) is 0 Å². The predicted molar refractivity (Wildman–Crippen MR) is 108 cm³/mol. The molecular formula is C19H22N4O4S. The fourth-order valence-electron chi connectivity index (χ4n) is 3.49. The van der Waals surface area contributed by atoms with Crippen molar-refractivity contribution in [1.82, 2.24) is 14.3 Å².